The van der Waals surface area contributed by atoms with Crippen molar-refractivity contribution in [2.75, 3.05) is 6.61 Å². The monoisotopic (exact) mass is 288 g/mol. The summed E-state index contributed by atoms with van der Waals surface area (Å²) in [6.45, 7) is 0.0324. The lowest BCUT2D eigenvalue weighted by Crippen LogP contribution is -2.45. The van der Waals surface area contributed by atoms with Crippen molar-refractivity contribution in [1.29, 1.82) is 0 Å². The summed E-state index contributed by atoms with van der Waals surface area (Å²) in [6.07, 6.45) is 5.06. The summed E-state index contributed by atoms with van der Waals surface area (Å²) in [5, 5.41) is 21.3. The van der Waals surface area contributed by atoms with Gasteiger partial charge in [0.2, 0.25) is 0 Å². The Labute approximate surface area is 124 Å². The molecule has 1 fully saturated rings. The molecule has 1 saturated carbocycles. The van der Waals surface area contributed by atoms with Gasteiger partial charge in [-0.2, -0.15) is 0 Å². The molecule has 1 aromatic heterocycles. The summed E-state index contributed by atoms with van der Waals surface area (Å²) >= 11 is 0. The lowest BCUT2D eigenvalue weighted by Gasteiger charge is -2.28. The number of carbonyl (C=O) groups is 1. The molecule has 21 heavy (non-hydrogen) atoms. The van der Waals surface area contributed by atoms with E-state index in [1.807, 2.05) is 0 Å². The van der Waals surface area contributed by atoms with Crippen LogP contribution in [0.1, 0.15) is 48.2 Å². The second-order valence-electron chi connectivity index (χ2n) is 5.14. The Morgan fingerprint density at radius 3 is 2.86 bits per heavy atom. The Bertz CT molecular complexity index is 531. The van der Waals surface area contributed by atoms with Crippen molar-refractivity contribution in [1.82, 2.24) is 10.3 Å². The minimum Gasteiger partial charge on any atom is -0.395 e. The van der Waals surface area contributed by atoms with Crippen LogP contribution in [0.25, 0.3) is 0 Å². The predicted octanol–water partition coefficient (Wildman–Crippen LogP) is 0.849. The highest BCUT2D eigenvalue weighted by Crippen LogP contribution is 2.18. The molecule has 5 heteroatoms. The van der Waals surface area contributed by atoms with Crippen LogP contribution in [0, 0.1) is 11.8 Å². The van der Waals surface area contributed by atoms with Crippen molar-refractivity contribution in [2.24, 2.45) is 0 Å². The minimum absolute atomic E-state index is 0.0324. The number of nitrogens with zero attached hydrogens (tertiary/aromatic N) is 1. The molecule has 1 aliphatic carbocycles. The van der Waals surface area contributed by atoms with Gasteiger partial charge in [-0.25, -0.2) is 4.98 Å². The summed E-state index contributed by atoms with van der Waals surface area (Å²) < 4.78 is 0. The number of aromatic nitrogens is 1. The molecule has 0 saturated heterocycles. The molecule has 3 N–H and O–H groups in total. The third-order valence-electron chi connectivity index (χ3n) is 3.51. The zero-order valence-corrected chi connectivity index (χ0v) is 11.9. The van der Waals surface area contributed by atoms with E-state index in [-0.39, 0.29) is 18.6 Å². The molecule has 1 heterocycles. The Balaban J connectivity index is 1.95. The van der Waals surface area contributed by atoms with Crippen molar-refractivity contribution in [3.8, 4) is 11.8 Å². The lowest BCUT2D eigenvalue weighted by molar-refractivity contribution is 0.0714. The number of hydrogen-bond donors (Lipinski definition) is 3. The molecule has 5 nitrogen and oxygen atoms in total. The number of amides is 1. The second kappa shape index (κ2) is 7.77. The summed E-state index contributed by atoms with van der Waals surface area (Å²) in [6, 6.07) is 3.16. The van der Waals surface area contributed by atoms with Crippen LogP contribution in [0.4, 0.5) is 0 Å². The predicted molar refractivity (Wildman–Crippen MR) is 78.5 cm³/mol. The fourth-order valence-corrected chi connectivity index (χ4v) is 2.34. The number of nitrogens with one attached hydrogen (secondary N) is 1. The maximum atomic E-state index is 12.1. The maximum Gasteiger partial charge on any atom is 0.270 e. The Kier molecular flexibility index (Phi) is 5.73. The summed E-state index contributed by atoms with van der Waals surface area (Å²) in [4.78, 5) is 16.2. The molecule has 0 aromatic carbocycles. The van der Waals surface area contributed by atoms with Crippen molar-refractivity contribution in [3.05, 3.63) is 29.6 Å². The van der Waals surface area contributed by atoms with E-state index in [9.17, 15) is 9.90 Å². The van der Waals surface area contributed by atoms with Crippen LogP contribution in [-0.2, 0) is 0 Å². The van der Waals surface area contributed by atoms with Gasteiger partial charge in [0, 0.05) is 18.2 Å². The zero-order chi connectivity index (χ0) is 15.1. The van der Waals surface area contributed by atoms with Crippen LogP contribution in [0.2, 0.25) is 0 Å². The van der Waals surface area contributed by atoms with Crippen LogP contribution < -0.4 is 5.32 Å². The van der Waals surface area contributed by atoms with Gasteiger partial charge >= 0.3 is 0 Å². The molecule has 112 valence electrons. The molecule has 1 aliphatic rings. The van der Waals surface area contributed by atoms with Crippen molar-refractivity contribution < 1.29 is 15.0 Å². The maximum absolute atomic E-state index is 12.1. The highest BCUT2D eigenvalue weighted by atomic mass is 16.3. The second-order valence-corrected chi connectivity index (χ2v) is 5.14. The first-order chi connectivity index (χ1) is 10.2. The lowest BCUT2D eigenvalue weighted by atomic mass is 9.92. The van der Waals surface area contributed by atoms with E-state index in [2.05, 4.69) is 22.1 Å². The Morgan fingerprint density at radius 1 is 1.38 bits per heavy atom. The van der Waals surface area contributed by atoms with E-state index in [4.69, 9.17) is 5.11 Å². The molecular weight excluding hydrogens is 268 g/mol. The molecule has 2 rings (SSSR count). The van der Waals surface area contributed by atoms with Crippen molar-refractivity contribution >= 4 is 5.91 Å². The van der Waals surface area contributed by atoms with E-state index in [1.54, 1.807) is 12.1 Å². The first-order valence-electron chi connectivity index (χ1n) is 7.25. The number of hydrogen-bond acceptors (Lipinski definition) is 4. The molecule has 1 amide bonds. The van der Waals surface area contributed by atoms with E-state index in [0.717, 1.165) is 25.7 Å². The number of aliphatic hydroxyl groups is 2. The molecule has 0 spiro atoms. The highest BCUT2D eigenvalue weighted by molar-refractivity contribution is 5.92. The Morgan fingerprint density at radius 2 is 2.19 bits per heavy atom. The summed E-state index contributed by atoms with van der Waals surface area (Å²) in [5.41, 5.74) is 1.03. The van der Waals surface area contributed by atoms with Crippen LogP contribution in [0.5, 0.6) is 0 Å². The molecule has 0 bridgehead atoms. The topological polar surface area (TPSA) is 82.5 Å². The fourth-order valence-electron chi connectivity index (χ4n) is 2.34. The van der Waals surface area contributed by atoms with Gasteiger partial charge in [-0.15, -0.1) is 0 Å². The standard InChI is InChI=1S/C16H20N2O3/c19-10-4-3-5-12-8-9-14(17-11-12)16(21)18-13-6-1-2-7-15(13)20/h8-9,11,13,15,19-20H,1-2,4,6-7,10H2,(H,18,21). The van der Waals surface area contributed by atoms with Crippen molar-refractivity contribution in [3.63, 3.8) is 0 Å². The SMILES string of the molecule is O=C(NC1CCCCC1O)c1ccc(C#CCCO)cn1. The van der Waals surface area contributed by atoms with Gasteiger partial charge in [-0.05, 0) is 25.0 Å². The Hall–Kier alpha value is -1.90. The van der Waals surface area contributed by atoms with Gasteiger partial charge in [-0.3, -0.25) is 4.79 Å². The number of pyridine rings is 1. The van der Waals surface area contributed by atoms with Gasteiger partial charge in [0.1, 0.15) is 5.69 Å². The van der Waals surface area contributed by atoms with Crippen LogP contribution in [-0.4, -0.2) is 39.9 Å². The van der Waals surface area contributed by atoms with Gasteiger partial charge < -0.3 is 15.5 Å². The van der Waals surface area contributed by atoms with Gasteiger partial charge in [0.25, 0.3) is 5.91 Å². The van der Waals surface area contributed by atoms with E-state index in [0.29, 0.717) is 17.7 Å². The fraction of sp³-hybridized carbons (Fsp3) is 0.500. The molecular formula is C16H20N2O3. The molecule has 0 aliphatic heterocycles. The van der Waals surface area contributed by atoms with Crippen LogP contribution >= 0.6 is 0 Å². The summed E-state index contributed by atoms with van der Waals surface area (Å²) in [5.74, 6) is 5.39. The van der Waals surface area contributed by atoms with Gasteiger partial charge in [0.05, 0.1) is 18.8 Å². The minimum atomic E-state index is -0.466. The normalized spacial score (nSPS) is 21.2. The van der Waals surface area contributed by atoms with E-state index < -0.39 is 6.10 Å². The van der Waals surface area contributed by atoms with Crippen LogP contribution in [0.3, 0.4) is 0 Å². The smallest absolute Gasteiger partial charge is 0.270 e. The number of rotatable bonds is 3. The highest BCUT2D eigenvalue weighted by Gasteiger charge is 2.25. The first kappa shape index (κ1) is 15.5. The first-order valence-corrected chi connectivity index (χ1v) is 7.25. The number of aliphatic hydroxyl groups excluding tert-OH is 2. The molecule has 2 atom stereocenters. The van der Waals surface area contributed by atoms with Gasteiger partial charge in [-0.1, -0.05) is 24.7 Å². The molecule has 2 unspecified atom stereocenters. The quantitative estimate of drug-likeness (QED) is 0.720. The third kappa shape index (κ3) is 4.55. The largest absolute Gasteiger partial charge is 0.395 e. The molecule has 1 aromatic rings. The number of carbonyl (C=O) groups excluding carboxylic acids is 1. The van der Waals surface area contributed by atoms with Crippen LogP contribution in [0.15, 0.2) is 18.3 Å². The average molecular weight is 288 g/mol. The molecule has 0 radical (unpaired) electrons. The van der Waals surface area contributed by atoms with Gasteiger partial charge in [0.15, 0.2) is 0 Å². The van der Waals surface area contributed by atoms with E-state index in [1.165, 1.54) is 6.20 Å². The third-order valence-corrected chi connectivity index (χ3v) is 3.51. The zero-order valence-electron chi connectivity index (χ0n) is 11.9. The average Bonchev–Trinajstić information content (AvgIpc) is 2.50. The van der Waals surface area contributed by atoms with E-state index >= 15 is 0 Å². The summed E-state index contributed by atoms with van der Waals surface area (Å²) in [7, 11) is 0. The van der Waals surface area contributed by atoms with Crippen molar-refractivity contribution in [2.45, 2.75) is 44.2 Å².